The van der Waals surface area contributed by atoms with Gasteiger partial charge < -0.3 is 0 Å². The van der Waals surface area contributed by atoms with Crippen LogP contribution in [0.1, 0.15) is 123 Å². The molecule has 0 unspecified atom stereocenters. The fraction of sp³-hybridized carbons (Fsp3) is 0.818. The summed E-state index contributed by atoms with van der Waals surface area (Å²) in [6.45, 7) is 27.4. The Balaban J connectivity index is 6.21. The number of hydrogen-bond donors (Lipinski definition) is 0. The molecule has 0 saturated carbocycles. The summed E-state index contributed by atoms with van der Waals surface area (Å²) < 4.78 is 1.76. The van der Waals surface area contributed by atoms with Crippen molar-refractivity contribution in [3.05, 3.63) is 0 Å². The molecule has 0 rings (SSSR count). The maximum atomic E-state index is 13.4. The second-order valence-corrected chi connectivity index (χ2v) is 24.8. The van der Waals surface area contributed by atoms with E-state index in [0.717, 1.165) is 0 Å². The Morgan fingerprint density at radius 3 is 0.675 bits per heavy atom. The Morgan fingerprint density at radius 2 is 0.525 bits per heavy atom. The molecule has 0 saturated heterocycles. The summed E-state index contributed by atoms with van der Waals surface area (Å²) >= 11 is -2.99. The minimum atomic E-state index is -2.99. The molecule has 0 aliphatic carbocycles. The summed E-state index contributed by atoms with van der Waals surface area (Å²) in [6.07, 6.45) is -0.416. The van der Waals surface area contributed by atoms with Crippen LogP contribution >= 0.6 is 0 Å². The van der Waals surface area contributed by atoms with Gasteiger partial charge in [0.15, 0.2) is 0 Å². The second-order valence-electron chi connectivity index (χ2n) is 16.8. The minimum absolute atomic E-state index is 0.106. The first-order valence-electron chi connectivity index (χ1n) is 14.5. The average molecular weight is 690 g/mol. The van der Waals surface area contributed by atoms with E-state index in [4.69, 9.17) is 0 Å². The van der Waals surface area contributed by atoms with Crippen molar-refractivity contribution in [2.75, 3.05) is 0 Å². The first-order valence-corrected chi connectivity index (χ1v) is 21.1. The van der Waals surface area contributed by atoms with E-state index in [1.54, 1.807) is 62.3 Å². The van der Waals surface area contributed by atoms with Gasteiger partial charge in [0.2, 0.25) is 0 Å². The molecule has 0 bridgehead atoms. The molecule has 0 fully saturated rings. The van der Waals surface area contributed by atoms with Gasteiger partial charge in [-0.25, -0.2) is 0 Å². The van der Waals surface area contributed by atoms with Gasteiger partial charge in [-0.3, -0.25) is 0 Å². The van der Waals surface area contributed by atoms with Gasteiger partial charge in [-0.2, -0.15) is 0 Å². The van der Waals surface area contributed by atoms with E-state index in [1.807, 2.05) is 41.5 Å². The van der Waals surface area contributed by atoms with Crippen LogP contribution < -0.4 is 0 Å². The summed E-state index contributed by atoms with van der Waals surface area (Å²) in [5, 5.41) is 0. The van der Waals surface area contributed by atoms with Gasteiger partial charge in [-0.1, -0.05) is 0 Å². The molecule has 229 valence electrons. The van der Waals surface area contributed by atoms with E-state index in [-0.39, 0.29) is 54.0 Å². The van der Waals surface area contributed by atoms with Crippen molar-refractivity contribution in [1.29, 1.82) is 0 Å². The van der Waals surface area contributed by atoms with Gasteiger partial charge in [-0.15, -0.1) is 0 Å². The maximum absolute atomic E-state index is 13.4. The number of hydrogen-bond acceptors (Lipinski definition) is 6. The van der Waals surface area contributed by atoms with Crippen LogP contribution in [0.25, 0.3) is 0 Å². The predicted molar refractivity (Wildman–Crippen MR) is 158 cm³/mol. The van der Waals surface area contributed by atoms with Crippen LogP contribution in [0.4, 0.5) is 0 Å². The molecule has 7 heteroatoms. The normalized spacial score (nSPS) is 13.6. The Labute approximate surface area is 258 Å². The predicted octanol–water partition coefficient (Wildman–Crippen LogP) is 7.66. The third-order valence-corrected chi connectivity index (χ3v) is 20.8. The molecule has 0 spiro atoms. The fourth-order valence-electron chi connectivity index (χ4n) is 4.31. The first-order chi connectivity index (χ1) is 17.4. The van der Waals surface area contributed by atoms with Crippen molar-refractivity contribution in [3.8, 4) is 0 Å². The van der Waals surface area contributed by atoms with Crippen LogP contribution in [0.3, 0.4) is 0 Å². The van der Waals surface area contributed by atoms with Crippen molar-refractivity contribution in [2.45, 2.75) is 129 Å². The third-order valence-electron chi connectivity index (χ3n) is 7.81. The van der Waals surface area contributed by atoms with Gasteiger partial charge in [0.25, 0.3) is 0 Å². The standard InChI is InChI=1S/3C11H19O2.Ce/c3*1-10(2,3)8(12)7-9(13)11(4,5)6;/h3*1,7H2,2-6H3;. The molecule has 6 nitrogen and oxygen atoms in total. The molecule has 0 aromatic heterocycles. The third kappa shape index (κ3) is 12.7. The molecule has 0 aliphatic rings. The Hall–Kier alpha value is -0.603. The van der Waals surface area contributed by atoms with Crippen LogP contribution in [0.15, 0.2) is 0 Å². The molecule has 0 atom stereocenters. The summed E-state index contributed by atoms with van der Waals surface area (Å²) in [4.78, 5) is 78.0. The SMILES string of the molecule is CC(C)(C)C(=O)CC(=O)C(C)(C)[CH2][Ce]([CH2]C(C)(C)C(=O)CC(=O)C(C)(C)C)[CH2]C(C)(C)C(=O)CC(=O)C(C)(C)C. The van der Waals surface area contributed by atoms with Crippen LogP contribution in [0, 0.1) is 67.9 Å². The molecule has 0 aliphatic heterocycles. The van der Waals surface area contributed by atoms with E-state index in [2.05, 4.69) is 0 Å². The zero-order valence-corrected chi connectivity index (χ0v) is 31.3. The molecule has 0 heterocycles. The Kier molecular flexibility index (Phi) is 13.6. The molecule has 0 aromatic rings. The number of rotatable bonds is 15. The second kappa shape index (κ2) is 13.8. The summed E-state index contributed by atoms with van der Waals surface area (Å²) in [5.41, 5.74) is -4.17. The van der Waals surface area contributed by atoms with Gasteiger partial charge in [0.05, 0.1) is 0 Å². The Bertz CT molecular complexity index is 865. The van der Waals surface area contributed by atoms with E-state index in [9.17, 15) is 28.8 Å². The van der Waals surface area contributed by atoms with E-state index in [1.165, 1.54) is 0 Å². The average Bonchev–Trinajstić information content (AvgIpc) is 2.70. The van der Waals surface area contributed by atoms with Gasteiger partial charge in [0, 0.05) is 0 Å². The summed E-state index contributed by atoms with van der Waals surface area (Å²) in [6, 6.07) is 0. The van der Waals surface area contributed by atoms with E-state index >= 15 is 0 Å². The zero-order chi connectivity index (χ0) is 32.3. The summed E-state index contributed by atoms with van der Waals surface area (Å²) in [7, 11) is 0. The molecule has 0 radical (unpaired) electrons. The van der Waals surface area contributed by atoms with Gasteiger partial charge in [-0.05, 0) is 0 Å². The fourth-order valence-corrected chi connectivity index (χ4v) is 19.1. The van der Waals surface area contributed by atoms with Crippen molar-refractivity contribution < 1.29 is 64.2 Å². The van der Waals surface area contributed by atoms with Crippen molar-refractivity contribution in [2.24, 2.45) is 32.5 Å². The van der Waals surface area contributed by atoms with Crippen LogP contribution in [-0.4, -0.2) is 34.7 Å². The van der Waals surface area contributed by atoms with Crippen LogP contribution in [0.5, 0.6) is 0 Å². The number of carbonyl (C=O) groups is 6. The zero-order valence-electron chi connectivity index (χ0n) is 28.2. The quantitative estimate of drug-likeness (QED) is 0.164. The van der Waals surface area contributed by atoms with Crippen molar-refractivity contribution >= 4 is 34.7 Å². The molecule has 40 heavy (non-hydrogen) atoms. The van der Waals surface area contributed by atoms with Crippen molar-refractivity contribution in [3.63, 3.8) is 0 Å². The van der Waals surface area contributed by atoms with Crippen LogP contribution in [-0.2, 0) is 28.8 Å². The molecular weight excluding hydrogens is 632 g/mol. The molecule has 0 amide bonds. The first kappa shape index (κ1) is 39.4. The Morgan fingerprint density at radius 1 is 0.350 bits per heavy atom. The van der Waals surface area contributed by atoms with E-state index in [0.29, 0.717) is 5.82 Å². The number of Topliss-reactive ketones (excluding diaryl/α,β-unsaturated/α-hetero) is 6. The van der Waals surface area contributed by atoms with Crippen molar-refractivity contribution in [1.82, 2.24) is 0 Å². The van der Waals surface area contributed by atoms with Gasteiger partial charge >= 0.3 is 260 Å². The number of carbonyl (C=O) groups excluding carboxylic acids is 6. The molecule has 0 N–H and O–H groups in total. The van der Waals surface area contributed by atoms with Gasteiger partial charge in [0.1, 0.15) is 0 Å². The number of ketones is 6. The molecule has 0 aromatic carbocycles. The monoisotopic (exact) mass is 689 g/mol. The summed E-state index contributed by atoms with van der Waals surface area (Å²) in [5.74, 6) is -0.669. The van der Waals surface area contributed by atoms with Crippen LogP contribution in [0.2, 0.25) is 5.82 Å². The molecular formula is C33H57CeO6. The van der Waals surface area contributed by atoms with E-state index < -0.39 is 67.9 Å². The topological polar surface area (TPSA) is 102 Å².